The maximum absolute atomic E-state index is 12.4. The number of para-hydroxylation sites is 1. The summed E-state index contributed by atoms with van der Waals surface area (Å²) in [4.78, 5) is 14.8. The second-order valence-electron chi connectivity index (χ2n) is 8.12. The van der Waals surface area contributed by atoms with Gasteiger partial charge in [-0.3, -0.25) is 9.69 Å². The normalized spacial score (nSPS) is 17.0. The van der Waals surface area contributed by atoms with Crippen LogP contribution in [0.25, 0.3) is 11.8 Å². The summed E-state index contributed by atoms with van der Waals surface area (Å²) < 4.78 is 7.76. The van der Waals surface area contributed by atoms with Crippen LogP contribution in [0.1, 0.15) is 22.5 Å². The predicted molar refractivity (Wildman–Crippen MR) is 127 cm³/mol. The lowest BCUT2D eigenvalue weighted by Gasteiger charge is -2.33. The Balaban J connectivity index is 1.31. The molecule has 1 atom stereocenters. The van der Waals surface area contributed by atoms with Crippen LogP contribution in [0, 0.1) is 13.8 Å². The van der Waals surface area contributed by atoms with E-state index in [0.717, 1.165) is 42.3 Å². The SMILES string of the molecule is Cc1nn(-c2ccccc2)c(C)c1/C=C/C(=O)NCC1CN(Cc2ccccc2)CCO1. The van der Waals surface area contributed by atoms with Crippen LogP contribution >= 0.6 is 0 Å². The number of carbonyl (C=O) groups is 1. The van der Waals surface area contributed by atoms with Gasteiger partial charge in [0.2, 0.25) is 5.91 Å². The molecule has 6 heteroatoms. The van der Waals surface area contributed by atoms with E-state index in [1.54, 1.807) is 6.08 Å². The van der Waals surface area contributed by atoms with Crippen molar-refractivity contribution in [1.82, 2.24) is 20.0 Å². The van der Waals surface area contributed by atoms with Crippen LogP contribution in [-0.4, -0.2) is 52.9 Å². The Hall–Kier alpha value is -3.22. The minimum atomic E-state index is -0.125. The van der Waals surface area contributed by atoms with Crippen LogP contribution in [0.5, 0.6) is 0 Å². The highest BCUT2D eigenvalue weighted by atomic mass is 16.5. The molecule has 3 aromatic rings. The number of ether oxygens (including phenoxy) is 1. The fourth-order valence-electron chi connectivity index (χ4n) is 4.04. The molecule has 0 radical (unpaired) electrons. The molecule has 1 unspecified atom stereocenters. The summed E-state index contributed by atoms with van der Waals surface area (Å²) in [7, 11) is 0. The summed E-state index contributed by atoms with van der Waals surface area (Å²) in [5, 5.41) is 7.61. The van der Waals surface area contributed by atoms with Crippen molar-refractivity contribution in [2.45, 2.75) is 26.5 Å². The molecule has 4 rings (SSSR count). The lowest BCUT2D eigenvalue weighted by Crippen LogP contribution is -2.46. The Bertz CT molecular complexity index is 1060. The van der Waals surface area contributed by atoms with Gasteiger partial charge in [-0.05, 0) is 37.6 Å². The van der Waals surface area contributed by atoms with Gasteiger partial charge in [0.25, 0.3) is 0 Å². The highest BCUT2D eigenvalue weighted by Crippen LogP contribution is 2.19. The topological polar surface area (TPSA) is 59.4 Å². The van der Waals surface area contributed by atoms with Gasteiger partial charge in [0.15, 0.2) is 0 Å². The number of aromatic nitrogens is 2. The van der Waals surface area contributed by atoms with E-state index in [-0.39, 0.29) is 12.0 Å². The number of nitrogens with one attached hydrogen (secondary N) is 1. The molecule has 1 aliphatic heterocycles. The van der Waals surface area contributed by atoms with Gasteiger partial charge in [-0.1, -0.05) is 48.5 Å². The molecule has 1 saturated heterocycles. The molecule has 1 amide bonds. The Morgan fingerprint density at radius 3 is 2.59 bits per heavy atom. The van der Waals surface area contributed by atoms with Gasteiger partial charge in [-0.25, -0.2) is 4.68 Å². The first kappa shape index (κ1) is 22.0. The van der Waals surface area contributed by atoms with E-state index < -0.39 is 0 Å². The van der Waals surface area contributed by atoms with E-state index in [2.05, 4.69) is 39.6 Å². The molecular formula is C26H30N4O2. The van der Waals surface area contributed by atoms with Gasteiger partial charge in [0, 0.05) is 43.5 Å². The van der Waals surface area contributed by atoms with Crippen molar-refractivity contribution in [3.05, 3.63) is 89.3 Å². The fourth-order valence-corrected chi connectivity index (χ4v) is 4.04. The molecule has 2 aromatic carbocycles. The number of rotatable bonds is 7. The molecule has 1 aromatic heterocycles. The van der Waals surface area contributed by atoms with Crippen molar-refractivity contribution in [3.8, 4) is 5.69 Å². The predicted octanol–water partition coefficient (Wildman–Crippen LogP) is 3.52. The third-order valence-corrected chi connectivity index (χ3v) is 5.73. The summed E-state index contributed by atoms with van der Waals surface area (Å²) in [6.45, 7) is 7.77. The summed E-state index contributed by atoms with van der Waals surface area (Å²) in [6, 6.07) is 20.4. The van der Waals surface area contributed by atoms with Crippen molar-refractivity contribution in [2.75, 3.05) is 26.2 Å². The largest absolute Gasteiger partial charge is 0.374 e. The van der Waals surface area contributed by atoms with Crippen molar-refractivity contribution >= 4 is 12.0 Å². The van der Waals surface area contributed by atoms with Gasteiger partial charge in [0.05, 0.1) is 24.1 Å². The standard InChI is InChI=1S/C26H30N4O2/c1-20-25(21(2)30(28-20)23-11-7-4-8-12-23)13-14-26(31)27-17-24-19-29(15-16-32-24)18-22-9-5-3-6-10-22/h3-14,24H,15-19H2,1-2H3,(H,27,31)/b14-13+. The summed E-state index contributed by atoms with van der Waals surface area (Å²) in [6.07, 6.45) is 3.42. The van der Waals surface area contributed by atoms with E-state index >= 15 is 0 Å². The van der Waals surface area contributed by atoms with Crippen LogP contribution < -0.4 is 5.32 Å². The average molecular weight is 431 g/mol. The van der Waals surface area contributed by atoms with E-state index in [4.69, 9.17) is 4.74 Å². The number of hydrogen-bond donors (Lipinski definition) is 1. The Labute approximate surface area is 189 Å². The lowest BCUT2D eigenvalue weighted by atomic mass is 10.1. The lowest BCUT2D eigenvalue weighted by molar-refractivity contribution is -0.117. The number of nitrogens with zero attached hydrogens (tertiary/aromatic N) is 3. The highest BCUT2D eigenvalue weighted by molar-refractivity contribution is 5.92. The number of morpholine rings is 1. The van der Waals surface area contributed by atoms with Crippen molar-refractivity contribution in [3.63, 3.8) is 0 Å². The molecular weight excluding hydrogens is 400 g/mol. The molecule has 32 heavy (non-hydrogen) atoms. The summed E-state index contributed by atoms with van der Waals surface area (Å²) in [5.41, 5.74) is 5.16. The quantitative estimate of drug-likeness (QED) is 0.583. The molecule has 166 valence electrons. The van der Waals surface area contributed by atoms with E-state index in [1.807, 2.05) is 61.0 Å². The number of carbonyl (C=O) groups excluding carboxylic acids is 1. The van der Waals surface area contributed by atoms with Crippen molar-refractivity contribution in [2.24, 2.45) is 0 Å². The van der Waals surface area contributed by atoms with Crippen LogP contribution in [0.3, 0.4) is 0 Å². The number of hydrogen-bond acceptors (Lipinski definition) is 4. The van der Waals surface area contributed by atoms with Gasteiger partial charge < -0.3 is 10.1 Å². The zero-order valence-corrected chi connectivity index (χ0v) is 18.7. The monoisotopic (exact) mass is 430 g/mol. The van der Waals surface area contributed by atoms with Crippen molar-refractivity contribution < 1.29 is 9.53 Å². The third-order valence-electron chi connectivity index (χ3n) is 5.73. The van der Waals surface area contributed by atoms with E-state index in [1.165, 1.54) is 5.56 Å². The summed E-state index contributed by atoms with van der Waals surface area (Å²) in [5.74, 6) is -0.125. The molecule has 6 nitrogen and oxygen atoms in total. The third kappa shape index (κ3) is 5.52. The molecule has 2 heterocycles. The van der Waals surface area contributed by atoms with E-state index in [0.29, 0.717) is 13.2 Å². The molecule has 0 spiro atoms. The molecule has 1 fully saturated rings. The van der Waals surface area contributed by atoms with Crippen molar-refractivity contribution in [1.29, 1.82) is 0 Å². The average Bonchev–Trinajstić information content (AvgIpc) is 3.11. The Morgan fingerprint density at radius 2 is 1.84 bits per heavy atom. The van der Waals surface area contributed by atoms with Gasteiger partial charge in [0.1, 0.15) is 0 Å². The minimum absolute atomic E-state index is 0.00545. The van der Waals surface area contributed by atoms with Gasteiger partial charge in [-0.2, -0.15) is 5.10 Å². The van der Waals surface area contributed by atoms with E-state index in [9.17, 15) is 4.79 Å². The van der Waals surface area contributed by atoms with Crippen LogP contribution in [0.2, 0.25) is 0 Å². The highest BCUT2D eigenvalue weighted by Gasteiger charge is 2.20. The Kier molecular flexibility index (Phi) is 7.14. The molecule has 1 aliphatic rings. The molecule has 0 aliphatic carbocycles. The number of amides is 1. The van der Waals surface area contributed by atoms with Crippen LogP contribution in [0.15, 0.2) is 66.7 Å². The second kappa shape index (κ2) is 10.4. The fraction of sp³-hybridized carbons (Fsp3) is 0.308. The minimum Gasteiger partial charge on any atom is -0.374 e. The molecule has 0 saturated carbocycles. The molecule has 0 bridgehead atoms. The summed E-state index contributed by atoms with van der Waals surface area (Å²) >= 11 is 0. The van der Waals surface area contributed by atoms with Gasteiger partial charge >= 0.3 is 0 Å². The zero-order valence-electron chi connectivity index (χ0n) is 18.7. The number of benzene rings is 2. The zero-order chi connectivity index (χ0) is 22.3. The Morgan fingerprint density at radius 1 is 1.12 bits per heavy atom. The first-order valence-corrected chi connectivity index (χ1v) is 11.1. The first-order chi connectivity index (χ1) is 15.6. The maximum atomic E-state index is 12.4. The first-order valence-electron chi connectivity index (χ1n) is 11.1. The van der Waals surface area contributed by atoms with Crippen LogP contribution in [-0.2, 0) is 16.1 Å². The maximum Gasteiger partial charge on any atom is 0.244 e. The second-order valence-corrected chi connectivity index (χ2v) is 8.12. The van der Waals surface area contributed by atoms with Gasteiger partial charge in [-0.15, -0.1) is 0 Å². The molecule has 1 N–H and O–H groups in total. The smallest absolute Gasteiger partial charge is 0.244 e. The van der Waals surface area contributed by atoms with Crippen LogP contribution in [0.4, 0.5) is 0 Å². The number of aryl methyl sites for hydroxylation is 1.